The zero-order valence-corrected chi connectivity index (χ0v) is 16.2. The summed E-state index contributed by atoms with van der Waals surface area (Å²) in [5, 5.41) is 2.64. The molecule has 2 aromatic carbocycles. The van der Waals surface area contributed by atoms with Crippen molar-refractivity contribution in [3.63, 3.8) is 0 Å². The summed E-state index contributed by atoms with van der Waals surface area (Å²) in [7, 11) is 0. The Labute approximate surface area is 165 Å². The van der Waals surface area contributed by atoms with Gasteiger partial charge in [0.15, 0.2) is 11.5 Å². The normalized spacial score (nSPS) is 12.6. The Bertz CT molecular complexity index is 876. The number of carbonyl (C=O) groups is 2. The van der Waals surface area contributed by atoms with Crippen molar-refractivity contribution in [1.82, 2.24) is 5.32 Å². The monoisotopic (exact) mass is 431 g/mol. The van der Waals surface area contributed by atoms with E-state index >= 15 is 0 Å². The molecule has 0 fully saturated rings. The number of amides is 1. The molecule has 0 radical (unpaired) electrons. The first kappa shape index (κ1) is 19.0. The summed E-state index contributed by atoms with van der Waals surface area (Å²) in [4.78, 5) is 24.9. The molecule has 0 spiro atoms. The maximum Gasteiger partial charge on any atom is 0.354 e. The van der Waals surface area contributed by atoms with E-state index in [1.807, 2.05) is 6.92 Å². The Balaban J connectivity index is 1.85. The van der Waals surface area contributed by atoms with E-state index in [0.717, 1.165) is 4.47 Å². The second-order valence-electron chi connectivity index (χ2n) is 5.77. The first-order valence-corrected chi connectivity index (χ1v) is 9.21. The standard InChI is InChI=1S/C20H18BrNO5/c1-2-9-25-20(24)16(22-19(23)14-4-6-15(21)7-5-14)10-13-3-8-17-18(11-13)27-12-26-17/h3-8,10-11H,2,9,12H2,1H3,(H,22,23)/b16-10-. The number of benzene rings is 2. The molecule has 0 unspecified atom stereocenters. The van der Waals surface area contributed by atoms with Crippen molar-refractivity contribution in [3.05, 3.63) is 63.8 Å². The molecule has 0 aliphatic carbocycles. The van der Waals surface area contributed by atoms with Gasteiger partial charge < -0.3 is 19.5 Å². The minimum absolute atomic E-state index is 0.0511. The largest absolute Gasteiger partial charge is 0.461 e. The average molecular weight is 432 g/mol. The highest BCUT2D eigenvalue weighted by Crippen LogP contribution is 2.33. The van der Waals surface area contributed by atoms with E-state index < -0.39 is 11.9 Å². The number of hydrogen-bond acceptors (Lipinski definition) is 5. The van der Waals surface area contributed by atoms with E-state index in [-0.39, 0.29) is 19.1 Å². The van der Waals surface area contributed by atoms with Crippen molar-refractivity contribution in [1.29, 1.82) is 0 Å². The molecule has 27 heavy (non-hydrogen) atoms. The van der Waals surface area contributed by atoms with Gasteiger partial charge in [-0.05, 0) is 54.5 Å². The van der Waals surface area contributed by atoms with E-state index in [1.54, 1.807) is 48.5 Å². The van der Waals surface area contributed by atoms with Crippen LogP contribution in [0, 0.1) is 0 Å². The fourth-order valence-electron chi connectivity index (χ4n) is 2.38. The third kappa shape index (κ3) is 4.89. The Hall–Kier alpha value is -2.80. The van der Waals surface area contributed by atoms with E-state index in [4.69, 9.17) is 14.2 Å². The molecule has 3 rings (SSSR count). The molecule has 1 N–H and O–H groups in total. The number of halogens is 1. The summed E-state index contributed by atoms with van der Waals surface area (Å²) in [6, 6.07) is 12.1. The molecule has 1 aliphatic heterocycles. The minimum atomic E-state index is -0.597. The lowest BCUT2D eigenvalue weighted by atomic mass is 10.1. The molecule has 0 bridgehead atoms. The van der Waals surface area contributed by atoms with E-state index in [9.17, 15) is 9.59 Å². The SMILES string of the molecule is CCCOC(=O)/C(=C/c1ccc2c(c1)OCO2)NC(=O)c1ccc(Br)cc1. The summed E-state index contributed by atoms with van der Waals surface area (Å²) in [5.41, 5.74) is 1.16. The van der Waals surface area contributed by atoms with Gasteiger partial charge in [0.1, 0.15) is 5.70 Å². The van der Waals surface area contributed by atoms with Crippen LogP contribution in [0.15, 0.2) is 52.6 Å². The maximum absolute atomic E-state index is 12.5. The predicted octanol–water partition coefficient (Wildman–Crippen LogP) is 3.90. The first-order valence-electron chi connectivity index (χ1n) is 8.42. The van der Waals surface area contributed by atoms with Gasteiger partial charge in [0.05, 0.1) is 6.61 Å². The molecule has 0 aromatic heterocycles. The number of ether oxygens (including phenoxy) is 3. The number of nitrogens with one attached hydrogen (secondary N) is 1. The van der Waals surface area contributed by atoms with E-state index in [0.29, 0.717) is 29.0 Å². The first-order chi connectivity index (χ1) is 13.1. The molecule has 2 aromatic rings. The summed E-state index contributed by atoms with van der Waals surface area (Å²) >= 11 is 3.33. The zero-order valence-electron chi connectivity index (χ0n) is 14.7. The number of rotatable bonds is 6. The van der Waals surface area contributed by atoms with Crippen LogP contribution in [0.25, 0.3) is 6.08 Å². The van der Waals surface area contributed by atoms with Crippen LogP contribution in [0.1, 0.15) is 29.3 Å². The van der Waals surface area contributed by atoms with Gasteiger partial charge >= 0.3 is 5.97 Å². The van der Waals surface area contributed by atoms with E-state index in [2.05, 4.69) is 21.2 Å². The van der Waals surface area contributed by atoms with Crippen LogP contribution in [0.2, 0.25) is 0 Å². The topological polar surface area (TPSA) is 73.9 Å². The molecule has 140 valence electrons. The number of esters is 1. The second-order valence-corrected chi connectivity index (χ2v) is 6.68. The highest BCUT2D eigenvalue weighted by molar-refractivity contribution is 9.10. The summed E-state index contributed by atoms with van der Waals surface area (Å²) in [6.45, 7) is 2.33. The van der Waals surface area contributed by atoms with Gasteiger partial charge in [-0.3, -0.25) is 4.79 Å². The molecular formula is C20H18BrNO5. The van der Waals surface area contributed by atoms with Crippen molar-refractivity contribution < 1.29 is 23.8 Å². The molecule has 1 aliphatic rings. The van der Waals surface area contributed by atoms with Crippen LogP contribution in [0.4, 0.5) is 0 Å². The van der Waals surface area contributed by atoms with Gasteiger partial charge in [-0.1, -0.05) is 28.9 Å². The third-order valence-electron chi connectivity index (χ3n) is 3.72. The Morgan fingerprint density at radius 3 is 2.63 bits per heavy atom. The minimum Gasteiger partial charge on any atom is -0.461 e. The molecule has 1 amide bonds. The van der Waals surface area contributed by atoms with Gasteiger partial charge in [0.25, 0.3) is 5.91 Å². The van der Waals surface area contributed by atoms with Crippen LogP contribution in [0.5, 0.6) is 11.5 Å². The predicted molar refractivity (Wildman–Crippen MR) is 103 cm³/mol. The van der Waals surface area contributed by atoms with Crippen molar-refractivity contribution in [2.45, 2.75) is 13.3 Å². The Morgan fingerprint density at radius 1 is 1.15 bits per heavy atom. The smallest absolute Gasteiger partial charge is 0.354 e. The van der Waals surface area contributed by atoms with Crippen LogP contribution >= 0.6 is 15.9 Å². The molecular weight excluding hydrogens is 414 g/mol. The number of fused-ring (bicyclic) bond motifs is 1. The van der Waals surface area contributed by atoms with Crippen molar-refractivity contribution in [3.8, 4) is 11.5 Å². The number of hydrogen-bond donors (Lipinski definition) is 1. The Morgan fingerprint density at radius 2 is 1.89 bits per heavy atom. The van der Waals surface area contributed by atoms with Gasteiger partial charge in [0.2, 0.25) is 6.79 Å². The quantitative estimate of drug-likeness (QED) is 0.554. The highest BCUT2D eigenvalue weighted by atomic mass is 79.9. The van der Waals surface area contributed by atoms with Crippen LogP contribution in [0.3, 0.4) is 0 Å². The molecule has 0 atom stereocenters. The summed E-state index contributed by atoms with van der Waals surface area (Å²) in [6.07, 6.45) is 2.24. The molecule has 1 heterocycles. The van der Waals surface area contributed by atoms with E-state index in [1.165, 1.54) is 0 Å². The molecule has 0 saturated carbocycles. The molecule has 0 saturated heterocycles. The van der Waals surface area contributed by atoms with Gasteiger partial charge in [-0.25, -0.2) is 4.79 Å². The van der Waals surface area contributed by atoms with Crippen molar-refractivity contribution >= 4 is 33.9 Å². The lowest BCUT2D eigenvalue weighted by Crippen LogP contribution is -2.28. The molecule has 6 nitrogen and oxygen atoms in total. The third-order valence-corrected chi connectivity index (χ3v) is 4.25. The van der Waals surface area contributed by atoms with Gasteiger partial charge in [-0.2, -0.15) is 0 Å². The van der Waals surface area contributed by atoms with Gasteiger partial charge in [0, 0.05) is 10.0 Å². The fourth-order valence-corrected chi connectivity index (χ4v) is 2.65. The molecule has 7 heteroatoms. The van der Waals surface area contributed by atoms with Crippen molar-refractivity contribution in [2.24, 2.45) is 0 Å². The fraction of sp³-hybridized carbons (Fsp3) is 0.200. The number of carbonyl (C=O) groups excluding carboxylic acids is 2. The van der Waals surface area contributed by atoms with Gasteiger partial charge in [-0.15, -0.1) is 0 Å². The second kappa shape index (κ2) is 8.73. The van der Waals surface area contributed by atoms with Crippen molar-refractivity contribution in [2.75, 3.05) is 13.4 Å². The lowest BCUT2D eigenvalue weighted by Gasteiger charge is -2.10. The lowest BCUT2D eigenvalue weighted by molar-refractivity contribution is -0.139. The maximum atomic E-state index is 12.5. The summed E-state index contributed by atoms with van der Waals surface area (Å²) < 4.78 is 16.7. The van der Waals surface area contributed by atoms with Crippen LogP contribution in [-0.4, -0.2) is 25.3 Å². The zero-order chi connectivity index (χ0) is 19.2. The Kier molecular flexibility index (Phi) is 6.13. The highest BCUT2D eigenvalue weighted by Gasteiger charge is 2.18. The van der Waals surface area contributed by atoms with Crippen LogP contribution in [-0.2, 0) is 9.53 Å². The van der Waals surface area contributed by atoms with Crippen LogP contribution < -0.4 is 14.8 Å². The summed E-state index contributed by atoms with van der Waals surface area (Å²) in [5.74, 6) is 0.230. The average Bonchev–Trinajstić information content (AvgIpc) is 3.13.